The van der Waals surface area contributed by atoms with Crippen molar-refractivity contribution in [1.82, 2.24) is 15.2 Å². The van der Waals surface area contributed by atoms with E-state index in [-0.39, 0.29) is 5.91 Å². The van der Waals surface area contributed by atoms with Gasteiger partial charge in [0.05, 0.1) is 0 Å². The minimum Gasteiger partial charge on any atom is -0.465 e. The Hall–Kier alpha value is -3.28. The maximum Gasteiger partial charge on any atom is 0.408 e. The molecule has 2 aromatic carbocycles. The van der Waals surface area contributed by atoms with Crippen LogP contribution >= 0.6 is 0 Å². The first-order chi connectivity index (χ1) is 17.9. The van der Waals surface area contributed by atoms with Gasteiger partial charge in [-0.3, -0.25) is 9.69 Å². The second kappa shape index (κ2) is 9.23. The Morgan fingerprint density at radius 3 is 2.27 bits per heavy atom. The average molecular weight is 500 g/mol. The number of aromatic amines is 1. The van der Waals surface area contributed by atoms with E-state index in [2.05, 4.69) is 22.4 Å². The summed E-state index contributed by atoms with van der Waals surface area (Å²) in [5.41, 5.74) is 1.45. The number of hydrogen-bond acceptors (Lipinski definition) is 2. The number of benzene rings is 2. The summed E-state index contributed by atoms with van der Waals surface area (Å²) in [4.78, 5) is 32.3. The van der Waals surface area contributed by atoms with Crippen molar-refractivity contribution in [3.63, 3.8) is 0 Å². The molecule has 1 atom stereocenters. The lowest BCUT2D eigenvalue weighted by molar-refractivity contribution is -0.147. The third-order valence-corrected chi connectivity index (χ3v) is 9.41. The number of nitrogens with zero attached hydrogens (tertiary/aromatic N) is 1. The van der Waals surface area contributed by atoms with E-state index in [4.69, 9.17) is 0 Å². The van der Waals surface area contributed by atoms with Gasteiger partial charge in [-0.2, -0.15) is 0 Å². The number of aromatic nitrogens is 1. The number of fused-ring (bicyclic) bond motifs is 1. The maximum atomic E-state index is 14.1. The lowest BCUT2D eigenvalue weighted by Gasteiger charge is -2.62. The second-order valence-electron chi connectivity index (χ2n) is 12.1. The third-order valence-electron chi connectivity index (χ3n) is 9.41. The lowest BCUT2D eigenvalue weighted by atomic mass is 9.52. The van der Waals surface area contributed by atoms with Crippen molar-refractivity contribution in [3.05, 3.63) is 71.9 Å². The molecule has 0 radical (unpaired) electrons. The Balaban J connectivity index is 1.35. The summed E-state index contributed by atoms with van der Waals surface area (Å²) < 4.78 is 0. The quantitative estimate of drug-likeness (QED) is 0.367. The van der Waals surface area contributed by atoms with Crippen molar-refractivity contribution in [2.45, 2.75) is 69.4 Å². The molecule has 37 heavy (non-hydrogen) atoms. The first kappa shape index (κ1) is 24.1. The van der Waals surface area contributed by atoms with Crippen LogP contribution in [0.25, 0.3) is 10.9 Å². The number of carbonyl (C=O) groups is 2. The number of nitrogens with one attached hydrogen (secondary N) is 2. The lowest BCUT2D eigenvalue weighted by Crippen LogP contribution is -2.71. The van der Waals surface area contributed by atoms with Crippen LogP contribution in [0.2, 0.25) is 0 Å². The maximum absolute atomic E-state index is 14.1. The molecule has 0 unspecified atom stereocenters. The Morgan fingerprint density at radius 2 is 1.62 bits per heavy atom. The summed E-state index contributed by atoms with van der Waals surface area (Å²) >= 11 is 0. The summed E-state index contributed by atoms with van der Waals surface area (Å²) in [5, 5.41) is 15.0. The number of carboxylic acid groups (broad SMARTS) is 1. The van der Waals surface area contributed by atoms with Gasteiger partial charge in [0, 0.05) is 35.6 Å². The molecular weight excluding hydrogens is 462 g/mol. The smallest absolute Gasteiger partial charge is 0.408 e. The predicted molar refractivity (Wildman–Crippen MR) is 144 cm³/mol. The molecule has 1 heterocycles. The number of para-hydroxylation sites is 1. The van der Waals surface area contributed by atoms with Crippen molar-refractivity contribution in [2.75, 3.05) is 6.54 Å². The fraction of sp³-hybridized carbons (Fsp3) is 0.484. The van der Waals surface area contributed by atoms with E-state index in [1.54, 1.807) is 4.90 Å². The molecule has 0 aliphatic heterocycles. The highest BCUT2D eigenvalue weighted by Crippen LogP contribution is 2.59. The standard InChI is InChI=1S/C31H37N3O3/c1-30(19-25-20-33-27-10-6-5-9-26(25)27,28(35)32-12-11-21-7-3-2-4-8-21)34(29(36)37)31-16-22-13-23(17-31)15-24(14-22)18-31/h2-10,20,22-24,33H,11-19H2,1H3,(H,32,35)(H,36,37)/t22?,23?,24?,30-,31?/m1/s1. The molecule has 1 aromatic heterocycles. The fourth-order valence-corrected chi connectivity index (χ4v) is 8.34. The van der Waals surface area contributed by atoms with Crippen LogP contribution in [-0.4, -0.2) is 44.6 Å². The number of amides is 2. The largest absolute Gasteiger partial charge is 0.465 e. The van der Waals surface area contributed by atoms with E-state index in [0.29, 0.717) is 37.1 Å². The number of carbonyl (C=O) groups excluding carboxylic acids is 1. The Kier molecular flexibility index (Phi) is 6.01. The minimum atomic E-state index is -1.22. The van der Waals surface area contributed by atoms with Gasteiger partial charge in [0.25, 0.3) is 0 Å². The van der Waals surface area contributed by atoms with Crippen LogP contribution in [0.1, 0.15) is 56.6 Å². The van der Waals surface area contributed by atoms with Crippen LogP contribution in [0.5, 0.6) is 0 Å². The molecule has 4 aliphatic carbocycles. The van der Waals surface area contributed by atoms with Crippen molar-refractivity contribution < 1.29 is 14.7 Å². The average Bonchev–Trinajstić information content (AvgIpc) is 3.26. The predicted octanol–water partition coefficient (Wildman–Crippen LogP) is 5.78. The zero-order chi connectivity index (χ0) is 25.6. The van der Waals surface area contributed by atoms with Gasteiger partial charge in [0.1, 0.15) is 5.54 Å². The molecule has 2 amide bonds. The molecule has 4 bridgehead atoms. The zero-order valence-corrected chi connectivity index (χ0v) is 21.6. The monoisotopic (exact) mass is 499 g/mol. The molecule has 194 valence electrons. The van der Waals surface area contributed by atoms with E-state index in [9.17, 15) is 14.7 Å². The van der Waals surface area contributed by atoms with E-state index in [0.717, 1.165) is 41.3 Å². The van der Waals surface area contributed by atoms with Gasteiger partial charge in [0.15, 0.2) is 0 Å². The number of hydrogen-bond donors (Lipinski definition) is 3. The van der Waals surface area contributed by atoms with Gasteiger partial charge in [-0.05, 0) is 86.8 Å². The molecule has 6 heteroatoms. The van der Waals surface area contributed by atoms with Crippen molar-refractivity contribution >= 4 is 22.9 Å². The first-order valence-corrected chi connectivity index (χ1v) is 13.8. The summed E-state index contributed by atoms with van der Waals surface area (Å²) in [6, 6.07) is 18.1. The van der Waals surface area contributed by atoms with Crippen molar-refractivity contribution in [3.8, 4) is 0 Å². The fourth-order valence-electron chi connectivity index (χ4n) is 8.34. The van der Waals surface area contributed by atoms with Gasteiger partial charge < -0.3 is 15.4 Å². The topological polar surface area (TPSA) is 85.4 Å². The van der Waals surface area contributed by atoms with E-state index >= 15 is 0 Å². The normalized spacial score (nSPS) is 27.6. The second-order valence-corrected chi connectivity index (χ2v) is 12.1. The SMILES string of the molecule is C[C@@](Cc1c[nH]c2ccccc12)(C(=O)NCCc1ccccc1)N(C(=O)O)C12CC3CC(CC(C3)C1)C2. The molecule has 3 N–H and O–H groups in total. The van der Waals surface area contributed by atoms with E-state index in [1.807, 2.05) is 55.6 Å². The molecule has 0 spiro atoms. The van der Waals surface area contributed by atoms with Gasteiger partial charge in [-0.25, -0.2) is 4.79 Å². The van der Waals surface area contributed by atoms with Crippen molar-refractivity contribution in [1.29, 1.82) is 0 Å². The van der Waals surface area contributed by atoms with Gasteiger partial charge in [-0.1, -0.05) is 48.5 Å². The zero-order valence-electron chi connectivity index (χ0n) is 21.6. The summed E-state index contributed by atoms with van der Waals surface area (Å²) in [6.07, 6.45) is 8.31. The van der Waals surface area contributed by atoms with Crippen LogP contribution in [0.15, 0.2) is 60.8 Å². The Labute approximate surface area is 218 Å². The van der Waals surface area contributed by atoms with Gasteiger partial charge in [-0.15, -0.1) is 0 Å². The molecule has 3 aromatic rings. The van der Waals surface area contributed by atoms with Crippen LogP contribution in [-0.2, 0) is 17.6 Å². The summed E-state index contributed by atoms with van der Waals surface area (Å²) in [5.74, 6) is 1.52. The number of H-pyrrole nitrogens is 1. The molecule has 4 fully saturated rings. The highest BCUT2D eigenvalue weighted by molar-refractivity contribution is 5.91. The first-order valence-electron chi connectivity index (χ1n) is 13.8. The van der Waals surface area contributed by atoms with Crippen LogP contribution in [0, 0.1) is 17.8 Å². The van der Waals surface area contributed by atoms with Crippen LogP contribution in [0.4, 0.5) is 4.79 Å². The van der Waals surface area contributed by atoms with E-state index in [1.165, 1.54) is 19.3 Å². The molecule has 6 nitrogen and oxygen atoms in total. The summed E-state index contributed by atoms with van der Waals surface area (Å²) in [7, 11) is 0. The van der Waals surface area contributed by atoms with Crippen LogP contribution < -0.4 is 5.32 Å². The van der Waals surface area contributed by atoms with Gasteiger partial charge >= 0.3 is 6.09 Å². The summed E-state index contributed by atoms with van der Waals surface area (Å²) in [6.45, 7) is 2.33. The molecule has 7 rings (SSSR count). The van der Waals surface area contributed by atoms with E-state index < -0.39 is 17.2 Å². The molecule has 0 saturated heterocycles. The van der Waals surface area contributed by atoms with Gasteiger partial charge in [0.2, 0.25) is 5.91 Å². The number of rotatable bonds is 8. The minimum absolute atomic E-state index is 0.202. The third kappa shape index (κ3) is 4.30. The Morgan fingerprint density at radius 1 is 1.00 bits per heavy atom. The molecular formula is C31H37N3O3. The molecule has 4 aliphatic rings. The van der Waals surface area contributed by atoms with Crippen molar-refractivity contribution in [2.24, 2.45) is 17.8 Å². The highest BCUT2D eigenvalue weighted by Gasteiger charge is 2.60. The highest BCUT2D eigenvalue weighted by atomic mass is 16.4. The Bertz CT molecular complexity index is 1260. The van der Waals surface area contributed by atoms with Crippen LogP contribution in [0.3, 0.4) is 0 Å². The molecule has 4 saturated carbocycles.